The highest BCUT2D eigenvalue weighted by Gasteiger charge is 2.24. The molecule has 0 radical (unpaired) electrons. The van der Waals surface area contributed by atoms with Crippen molar-refractivity contribution in [3.8, 4) is 6.07 Å². The highest BCUT2D eigenvalue weighted by Crippen LogP contribution is 2.12. The molecule has 1 aromatic rings. The number of hydrogen-bond acceptors (Lipinski definition) is 3. The average Bonchev–Trinajstić information content (AvgIpc) is 2.46. The summed E-state index contributed by atoms with van der Waals surface area (Å²) >= 11 is 3.36. The third-order valence-corrected chi connectivity index (χ3v) is 3.58. The van der Waals surface area contributed by atoms with Gasteiger partial charge in [-0.1, -0.05) is 15.9 Å². The van der Waals surface area contributed by atoms with Crippen LogP contribution < -0.4 is 0 Å². The maximum Gasteiger partial charge on any atom is 0.254 e. The van der Waals surface area contributed by atoms with E-state index < -0.39 is 0 Å². The lowest BCUT2D eigenvalue weighted by Crippen LogP contribution is -2.46. The van der Waals surface area contributed by atoms with Crippen LogP contribution >= 0.6 is 15.9 Å². The topological polar surface area (TPSA) is 53.3 Å². The third-order valence-electron chi connectivity index (χ3n) is 2.86. The molecular weight excluding hydrogens is 296 g/mol. The van der Waals surface area contributed by atoms with Gasteiger partial charge in [0.15, 0.2) is 0 Å². The average molecular weight is 309 g/mol. The van der Waals surface area contributed by atoms with E-state index in [0.717, 1.165) is 5.33 Å². The van der Waals surface area contributed by atoms with Crippen LogP contribution in [0.5, 0.6) is 0 Å². The Kier molecular flexibility index (Phi) is 4.34. The SMILES string of the molecule is N#Cc1ccc(C(=O)N2CCOC(CBr)C2)cc1. The molecule has 0 saturated carbocycles. The highest BCUT2D eigenvalue weighted by molar-refractivity contribution is 9.09. The Morgan fingerprint density at radius 1 is 1.50 bits per heavy atom. The van der Waals surface area contributed by atoms with Crippen molar-refractivity contribution in [2.24, 2.45) is 0 Å². The first-order chi connectivity index (χ1) is 8.74. The number of amides is 1. The van der Waals surface area contributed by atoms with E-state index in [0.29, 0.717) is 30.8 Å². The summed E-state index contributed by atoms with van der Waals surface area (Å²) in [6.45, 7) is 1.78. The highest BCUT2D eigenvalue weighted by atomic mass is 79.9. The maximum atomic E-state index is 12.2. The Morgan fingerprint density at radius 2 is 2.22 bits per heavy atom. The number of rotatable bonds is 2. The van der Waals surface area contributed by atoms with E-state index >= 15 is 0 Å². The molecule has 1 saturated heterocycles. The Balaban J connectivity index is 2.08. The van der Waals surface area contributed by atoms with Gasteiger partial charge < -0.3 is 9.64 Å². The first-order valence-corrected chi connectivity index (χ1v) is 6.83. The summed E-state index contributed by atoms with van der Waals surface area (Å²) in [4.78, 5) is 14.0. The van der Waals surface area contributed by atoms with Crippen LogP contribution in [0.25, 0.3) is 0 Å². The zero-order valence-electron chi connectivity index (χ0n) is 9.80. The molecule has 0 aromatic heterocycles. The summed E-state index contributed by atoms with van der Waals surface area (Å²) in [5.74, 6) is -0.00580. The molecule has 18 heavy (non-hydrogen) atoms. The Labute approximate surface area is 114 Å². The monoisotopic (exact) mass is 308 g/mol. The van der Waals surface area contributed by atoms with Crippen molar-refractivity contribution in [2.75, 3.05) is 25.0 Å². The molecule has 4 nitrogen and oxygen atoms in total. The number of ether oxygens (including phenoxy) is 1. The molecular formula is C13H13BrN2O2. The van der Waals surface area contributed by atoms with Crippen molar-refractivity contribution in [1.29, 1.82) is 5.26 Å². The first-order valence-electron chi connectivity index (χ1n) is 5.71. The van der Waals surface area contributed by atoms with Crippen LogP contribution in [-0.2, 0) is 4.74 Å². The van der Waals surface area contributed by atoms with Crippen LogP contribution in [0.2, 0.25) is 0 Å². The van der Waals surface area contributed by atoms with Gasteiger partial charge in [-0.25, -0.2) is 0 Å². The minimum absolute atomic E-state index is 0.00580. The van der Waals surface area contributed by atoms with E-state index in [4.69, 9.17) is 10.00 Å². The summed E-state index contributed by atoms with van der Waals surface area (Å²) in [6.07, 6.45) is 0.0566. The normalized spacial score (nSPS) is 19.3. The van der Waals surface area contributed by atoms with E-state index in [-0.39, 0.29) is 12.0 Å². The quantitative estimate of drug-likeness (QED) is 0.783. The second-order valence-corrected chi connectivity index (χ2v) is 4.73. The molecule has 1 unspecified atom stereocenters. The first kappa shape index (κ1) is 13.1. The molecule has 0 spiro atoms. The summed E-state index contributed by atoms with van der Waals surface area (Å²) in [7, 11) is 0. The smallest absolute Gasteiger partial charge is 0.254 e. The summed E-state index contributed by atoms with van der Waals surface area (Å²) in [5, 5.41) is 9.44. The molecule has 1 fully saturated rings. The molecule has 1 heterocycles. The van der Waals surface area contributed by atoms with Crippen LogP contribution in [0.4, 0.5) is 0 Å². The van der Waals surface area contributed by atoms with E-state index in [1.807, 2.05) is 6.07 Å². The van der Waals surface area contributed by atoms with Gasteiger partial charge in [0.2, 0.25) is 0 Å². The minimum Gasteiger partial charge on any atom is -0.374 e. The lowest BCUT2D eigenvalue weighted by atomic mass is 10.1. The van der Waals surface area contributed by atoms with Gasteiger partial charge in [-0.05, 0) is 24.3 Å². The van der Waals surface area contributed by atoms with Gasteiger partial charge in [0, 0.05) is 24.0 Å². The largest absolute Gasteiger partial charge is 0.374 e. The zero-order valence-corrected chi connectivity index (χ0v) is 11.4. The van der Waals surface area contributed by atoms with Gasteiger partial charge in [0.25, 0.3) is 5.91 Å². The molecule has 1 aromatic carbocycles. The molecule has 5 heteroatoms. The molecule has 0 N–H and O–H groups in total. The van der Waals surface area contributed by atoms with Gasteiger partial charge in [0.1, 0.15) is 0 Å². The fourth-order valence-corrected chi connectivity index (χ4v) is 2.26. The standard InChI is InChI=1S/C13H13BrN2O2/c14-7-12-9-16(5-6-18-12)13(17)11-3-1-10(8-15)2-4-11/h1-4,12H,5-7,9H2. The number of hydrogen-bond donors (Lipinski definition) is 0. The predicted molar refractivity (Wildman–Crippen MR) is 70.6 cm³/mol. The number of nitrogens with zero attached hydrogens (tertiary/aromatic N) is 2. The number of alkyl halides is 1. The lowest BCUT2D eigenvalue weighted by molar-refractivity contribution is -0.00964. The molecule has 1 amide bonds. The number of nitriles is 1. The molecule has 1 aliphatic rings. The Bertz CT molecular complexity index is 467. The summed E-state index contributed by atoms with van der Waals surface area (Å²) < 4.78 is 5.50. The van der Waals surface area contributed by atoms with Gasteiger partial charge >= 0.3 is 0 Å². The van der Waals surface area contributed by atoms with Gasteiger partial charge in [0.05, 0.1) is 24.3 Å². The fourth-order valence-electron chi connectivity index (χ4n) is 1.87. The Hall–Kier alpha value is -1.38. The van der Waals surface area contributed by atoms with Crippen molar-refractivity contribution >= 4 is 21.8 Å². The number of benzene rings is 1. The molecule has 1 aliphatic heterocycles. The molecule has 2 rings (SSSR count). The van der Waals surface area contributed by atoms with Gasteiger partial charge in [-0.3, -0.25) is 4.79 Å². The van der Waals surface area contributed by atoms with Crippen molar-refractivity contribution < 1.29 is 9.53 Å². The molecule has 0 bridgehead atoms. The summed E-state index contributed by atoms with van der Waals surface area (Å²) in [6, 6.07) is 8.75. The fraction of sp³-hybridized carbons (Fsp3) is 0.385. The van der Waals surface area contributed by atoms with E-state index in [1.54, 1.807) is 29.2 Å². The maximum absolute atomic E-state index is 12.2. The number of carbonyl (C=O) groups excluding carboxylic acids is 1. The van der Waals surface area contributed by atoms with Gasteiger partial charge in [-0.2, -0.15) is 5.26 Å². The zero-order chi connectivity index (χ0) is 13.0. The van der Waals surface area contributed by atoms with Crippen molar-refractivity contribution in [1.82, 2.24) is 4.90 Å². The van der Waals surface area contributed by atoms with Crippen LogP contribution in [0, 0.1) is 11.3 Å². The Morgan fingerprint density at radius 3 is 2.83 bits per heavy atom. The van der Waals surface area contributed by atoms with E-state index in [2.05, 4.69) is 15.9 Å². The molecule has 94 valence electrons. The number of morpholine rings is 1. The van der Waals surface area contributed by atoms with E-state index in [9.17, 15) is 4.79 Å². The van der Waals surface area contributed by atoms with Crippen molar-refractivity contribution in [3.63, 3.8) is 0 Å². The van der Waals surface area contributed by atoms with Crippen LogP contribution in [-0.4, -0.2) is 41.9 Å². The minimum atomic E-state index is -0.00580. The van der Waals surface area contributed by atoms with Crippen molar-refractivity contribution in [3.05, 3.63) is 35.4 Å². The number of carbonyl (C=O) groups is 1. The van der Waals surface area contributed by atoms with E-state index in [1.165, 1.54) is 0 Å². The predicted octanol–water partition coefficient (Wildman–Crippen LogP) is 1.79. The number of halogens is 1. The summed E-state index contributed by atoms with van der Waals surface area (Å²) in [5.41, 5.74) is 1.18. The van der Waals surface area contributed by atoms with Crippen LogP contribution in [0.1, 0.15) is 15.9 Å². The van der Waals surface area contributed by atoms with Crippen molar-refractivity contribution in [2.45, 2.75) is 6.10 Å². The molecule has 1 atom stereocenters. The molecule has 0 aliphatic carbocycles. The second kappa shape index (κ2) is 5.98. The van der Waals surface area contributed by atoms with Crippen LogP contribution in [0.3, 0.4) is 0 Å². The van der Waals surface area contributed by atoms with Gasteiger partial charge in [-0.15, -0.1) is 0 Å². The second-order valence-electron chi connectivity index (χ2n) is 4.09. The third kappa shape index (κ3) is 2.89. The van der Waals surface area contributed by atoms with Crippen LogP contribution in [0.15, 0.2) is 24.3 Å². The lowest BCUT2D eigenvalue weighted by Gasteiger charge is -2.32.